The Morgan fingerprint density at radius 1 is 1.15 bits per heavy atom. The standard InChI is InChI=1S/C21H23F2NO2/c1-2-26-17-9-7-16(8-10-17)20-4-3-13-24(20)21(25)12-6-15-5-11-18(22)19(23)14-15/h5,7-11,14,20H,2-4,6,12-13H2,1H3. The Hall–Kier alpha value is -2.43. The summed E-state index contributed by atoms with van der Waals surface area (Å²) in [4.78, 5) is 14.6. The Bertz CT molecular complexity index is 761. The first-order valence-corrected chi connectivity index (χ1v) is 9.04. The number of carbonyl (C=O) groups is 1. The quantitative estimate of drug-likeness (QED) is 0.751. The molecule has 1 aliphatic heterocycles. The van der Waals surface area contributed by atoms with E-state index in [1.165, 1.54) is 6.07 Å². The summed E-state index contributed by atoms with van der Waals surface area (Å²) in [6.45, 7) is 3.30. The molecular formula is C21H23F2NO2. The van der Waals surface area contributed by atoms with Gasteiger partial charge in [0.1, 0.15) is 5.75 Å². The lowest BCUT2D eigenvalue weighted by atomic mass is 10.0. The first-order chi connectivity index (χ1) is 12.6. The molecule has 1 amide bonds. The molecule has 2 aromatic carbocycles. The van der Waals surface area contributed by atoms with Gasteiger partial charge in [-0.1, -0.05) is 18.2 Å². The number of amides is 1. The van der Waals surface area contributed by atoms with Gasteiger partial charge in [0, 0.05) is 13.0 Å². The van der Waals surface area contributed by atoms with E-state index in [2.05, 4.69) is 0 Å². The molecule has 3 nitrogen and oxygen atoms in total. The maximum Gasteiger partial charge on any atom is 0.223 e. The molecule has 1 heterocycles. The summed E-state index contributed by atoms with van der Waals surface area (Å²) in [5.41, 5.74) is 1.74. The van der Waals surface area contributed by atoms with Crippen LogP contribution in [0.15, 0.2) is 42.5 Å². The van der Waals surface area contributed by atoms with E-state index >= 15 is 0 Å². The molecule has 1 atom stereocenters. The molecule has 2 aromatic rings. The number of ether oxygens (including phenoxy) is 1. The molecule has 1 fully saturated rings. The van der Waals surface area contributed by atoms with Crippen LogP contribution in [0.25, 0.3) is 0 Å². The number of aryl methyl sites for hydroxylation is 1. The molecule has 5 heteroatoms. The third kappa shape index (κ3) is 4.21. The molecule has 138 valence electrons. The van der Waals surface area contributed by atoms with Crippen molar-refractivity contribution in [1.82, 2.24) is 4.90 Å². The lowest BCUT2D eigenvalue weighted by Crippen LogP contribution is -2.30. The van der Waals surface area contributed by atoms with Gasteiger partial charge in [-0.05, 0) is 61.6 Å². The summed E-state index contributed by atoms with van der Waals surface area (Å²) in [5, 5.41) is 0. The van der Waals surface area contributed by atoms with Crippen LogP contribution >= 0.6 is 0 Å². The van der Waals surface area contributed by atoms with E-state index in [0.717, 1.165) is 42.8 Å². The largest absolute Gasteiger partial charge is 0.494 e. The van der Waals surface area contributed by atoms with E-state index in [1.54, 1.807) is 0 Å². The Kier molecular flexibility index (Phi) is 5.86. The predicted molar refractivity (Wildman–Crippen MR) is 96.0 cm³/mol. The van der Waals surface area contributed by atoms with Crippen LogP contribution in [0.5, 0.6) is 5.75 Å². The van der Waals surface area contributed by atoms with Crippen molar-refractivity contribution in [2.75, 3.05) is 13.2 Å². The van der Waals surface area contributed by atoms with Crippen molar-refractivity contribution < 1.29 is 18.3 Å². The second-order valence-corrected chi connectivity index (χ2v) is 6.50. The lowest BCUT2D eigenvalue weighted by molar-refractivity contribution is -0.132. The van der Waals surface area contributed by atoms with Gasteiger partial charge in [-0.3, -0.25) is 4.79 Å². The van der Waals surface area contributed by atoms with E-state index in [4.69, 9.17) is 4.74 Å². The molecule has 1 aliphatic rings. The summed E-state index contributed by atoms with van der Waals surface area (Å²) < 4.78 is 31.8. The average Bonchev–Trinajstić information content (AvgIpc) is 3.13. The maximum atomic E-state index is 13.3. The number of halogens is 2. The number of carbonyl (C=O) groups excluding carboxylic acids is 1. The number of hydrogen-bond donors (Lipinski definition) is 0. The van der Waals surface area contributed by atoms with Gasteiger partial charge in [0.15, 0.2) is 11.6 Å². The van der Waals surface area contributed by atoms with E-state index in [9.17, 15) is 13.6 Å². The van der Waals surface area contributed by atoms with Crippen molar-refractivity contribution in [3.05, 3.63) is 65.2 Å². The highest BCUT2D eigenvalue weighted by Crippen LogP contribution is 2.33. The van der Waals surface area contributed by atoms with Gasteiger partial charge in [0.05, 0.1) is 12.6 Å². The van der Waals surface area contributed by atoms with Crippen LogP contribution in [0.1, 0.15) is 43.4 Å². The molecule has 0 aromatic heterocycles. The Balaban J connectivity index is 1.63. The van der Waals surface area contributed by atoms with Crippen molar-refractivity contribution in [2.24, 2.45) is 0 Å². The summed E-state index contributed by atoms with van der Waals surface area (Å²) in [5.74, 6) is -0.866. The van der Waals surface area contributed by atoms with Crippen molar-refractivity contribution in [3.8, 4) is 5.75 Å². The van der Waals surface area contributed by atoms with Gasteiger partial charge < -0.3 is 9.64 Å². The first-order valence-electron chi connectivity index (χ1n) is 9.04. The molecule has 0 N–H and O–H groups in total. The number of benzene rings is 2. The SMILES string of the molecule is CCOc1ccc(C2CCCN2C(=O)CCc2ccc(F)c(F)c2)cc1. The van der Waals surface area contributed by atoms with Gasteiger partial charge in [0.25, 0.3) is 0 Å². The molecule has 0 radical (unpaired) electrons. The molecule has 0 bridgehead atoms. The molecule has 3 rings (SSSR count). The second kappa shape index (κ2) is 8.30. The Labute approximate surface area is 152 Å². The lowest BCUT2D eigenvalue weighted by Gasteiger charge is -2.25. The fourth-order valence-electron chi connectivity index (χ4n) is 3.45. The zero-order valence-corrected chi connectivity index (χ0v) is 14.9. The second-order valence-electron chi connectivity index (χ2n) is 6.50. The van der Waals surface area contributed by atoms with Gasteiger partial charge in [-0.25, -0.2) is 8.78 Å². The average molecular weight is 359 g/mol. The van der Waals surface area contributed by atoms with Crippen LogP contribution in [0.4, 0.5) is 8.78 Å². The highest BCUT2D eigenvalue weighted by molar-refractivity contribution is 5.77. The van der Waals surface area contributed by atoms with Gasteiger partial charge in [0.2, 0.25) is 5.91 Å². The fraction of sp³-hybridized carbons (Fsp3) is 0.381. The Morgan fingerprint density at radius 3 is 2.62 bits per heavy atom. The van der Waals surface area contributed by atoms with E-state index < -0.39 is 11.6 Å². The van der Waals surface area contributed by atoms with E-state index in [-0.39, 0.29) is 11.9 Å². The fourth-order valence-corrected chi connectivity index (χ4v) is 3.45. The smallest absolute Gasteiger partial charge is 0.223 e. The molecule has 1 unspecified atom stereocenters. The minimum atomic E-state index is -0.872. The van der Waals surface area contributed by atoms with Crippen LogP contribution in [-0.2, 0) is 11.2 Å². The summed E-state index contributed by atoms with van der Waals surface area (Å²) >= 11 is 0. The number of likely N-dealkylation sites (tertiary alicyclic amines) is 1. The molecule has 0 saturated carbocycles. The predicted octanol–water partition coefficient (Wildman–Crippen LogP) is 4.66. The summed E-state index contributed by atoms with van der Waals surface area (Å²) in [6.07, 6.45) is 2.60. The van der Waals surface area contributed by atoms with Crippen molar-refractivity contribution in [3.63, 3.8) is 0 Å². The van der Waals surface area contributed by atoms with Gasteiger partial charge in [-0.15, -0.1) is 0 Å². The molecular weight excluding hydrogens is 336 g/mol. The zero-order chi connectivity index (χ0) is 18.5. The number of rotatable bonds is 6. The van der Waals surface area contributed by atoms with Gasteiger partial charge >= 0.3 is 0 Å². The molecule has 0 aliphatic carbocycles. The zero-order valence-electron chi connectivity index (χ0n) is 14.9. The van der Waals surface area contributed by atoms with E-state index in [1.807, 2.05) is 36.1 Å². The number of nitrogens with zero attached hydrogens (tertiary/aromatic N) is 1. The summed E-state index contributed by atoms with van der Waals surface area (Å²) in [7, 11) is 0. The molecule has 0 spiro atoms. The van der Waals surface area contributed by atoms with E-state index in [0.29, 0.717) is 25.0 Å². The monoisotopic (exact) mass is 359 g/mol. The van der Waals surface area contributed by atoms with Crippen molar-refractivity contribution >= 4 is 5.91 Å². The van der Waals surface area contributed by atoms with Crippen LogP contribution in [0.2, 0.25) is 0 Å². The van der Waals surface area contributed by atoms with Crippen molar-refractivity contribution in [1.29, 1.82) is 0 Å². The van der Waals surface area contributed by atoms with Crippen LogP contribution in [-0.4, -0.2) is 24.0 Å². The Morgan fingerprint density at radius 2 is 1.92 bits per heavy atom. The highest BCUT2D eigenvalue weighted by atomic mass is 19.2. The topological polar surface area (TPSA) is 29.5 Å². The minimum Gasteiger partial charge on any atom is -0.494 e. The van der Waals surface area contributed by atoms with Crippen LogP contribution < -0.4 is 4.74 Å². The number of hydrogen-bond acceptors (Lipinski definition) is 2. The normalized spacial score (nSPS) is 16.7. The minimum absolute atomic E-state index is 0.0473. The summed E-state index contributed by atoms with van der Waals surface area (Å²) in [6, 6.07) is 11.8. The maximum absolute atomic E-state index is 13.3. The highest BCUT2D eigenvalue weighted by Gasteiger charge is 2.29. The third-order valence-corrected chi connectivity index (χ3v) is 4.76. The molecule has 1 saturated heterocycles. The first kappa shape index (κ1) is 18.4. The van der Waals surface area contributed by atoms with Gasteiger partial charge in [-0.2, -0.15) is 0 Å². The third-order valence-electron chi connectivity index (χ3n) is 4.76. The molecule has 26 heavy (non-hydrogen) atoms. The van der Waals surface area contributed by atoms with Crippen LogP contribution in [0, 0.1) is 11.6 Å². The van der Waals surface area contributed by atoms with Crippen molar-refractivity contribution in [2.45, 2.75) is 38.6 Å². The van der Waals surface area contributed by atoms with Crippen LogP contribution in [0.3, 0.4) is 0 Å².